The Morgan fingerprint density at radius 2 is 2.05 bits per heavy atom. The molecule has 1 amide bonds. The molecule has 5 heteroatoms. The van der Waals surface area contributed by atoms with E-state index in [-0.39, 0.29) is 5.91 Å². The summed E-state index contributed by atoms with van der Waals surface area (Å²) in [7, 11) is 0. The van der Waals surface area contributed by atoms with E-state index < -0.39 is 0 Å². The molecule has 110 valence electrons. The van der Waals surface area contributed by atoms with Gasteiger partial charge in [0.05, 0.1) is 11.6 Å². The normalized spacial score (nSPS) is 15.5. The van der Waals surface area contributed by atoms with Crippen LogP contribution in [0.15, 0.2) is 29.6 Å². The van der Waals surface area contributed by atoms with E-state index in [0.717, 1.165) is 35.7 Å². The van der Waals surface area contributed by atoms with Crippen molar-refractivity contribution in [1.82, 2.24) is 9.88 Å². The third-order valence-corrected chi connectivity index (χ3v) is 4.90. The van der Waals surface area contributed by atoms with Gasteiger partial charge in [-0.25, -0.2) is 4.98 Å². The van der Waals surface area contributed by atoms with Crippen LogP contribution in [-0.4, -0.2) is 22.3 Å². The highest BCUT2D eigenvalue weighted by Gasteiger charge is 2.17. The van der Waals surface area contributed by atoms with Crippen LogP contribution in [0.4, 0.5) is 0 Å². The number of likely N-dealkylation sites (tertiary alicyclic amines) is 1. The largest absolute Gasteiger partial charge is 0.338 e. The number of thiazole rings is 1. The number of carbonyl (C=O) groups is 1. The number of alkyl halides is 1. The molecule has 0 radical (unpaired) electrons. The first-order valence-electron chi connectivity index (χ1n) is 7.14. The number of benzene rings is 1. The summed E-state index contributed by atoms with van der Waals surface area (Å²) in [4.78, 5) is 18.3. The van der Waals surface area contributed by atoms with Crippen LogP contribution in [0.2, 0.25) is 0 Å². The van der Waals surface area contributed by atoms with Crippen molar-refractivity contribution in [1.29, 1.82) is 0 Å². The van der Waals surface area contributed by atoms with Crippen LogP contribution in [0.25, 0.3) is 10.6 Å². The summed E-state index contributed by atoms with van der Waals surface area (Å²) in [6.45, 7) is 1.59. The van der Waals surface area contributed by atoms with Crippen LogP contribution < -0.4 is 0 Å². The number of hydrogen-bond donors (Lipinski definition) is 0. The monoisotopic (exact) mass is 320 g/mol. The number of aromatic nitrogens is 1. The van der Waals surface area contributed by atoms with Gasteiger partial charge in [0, 0.05) is 30.5 Å². The minimum Gasteiger partial charge on any atom is -0.338 e. The molecule has 1 aliphatic rings. The van der Waals surface area contributed by atoms with Crippen LogP contribution in [0.1, 0.15) is 30.5 Å². The second-order valence-electron chi connectivity index (χ2n) is 5.25. The van der Waals surface area contributed by atoms with E-state index in [1.54, 1.807) is 11.3 Å². The zero-order valence-corrected chi connectivity index (χ0v) is 13.3. The van der Waals surface area contributed by atoms with Crippen molar-refractivity contribution in [2.75, 3.05) is 6.54 Å². The summed E-state index contributed by atoms with van der Waals surface area (Å²) in [5.74, 6) is 0.725. The fraction of sp³-hybridized carbons (Fsp3) is 0.375. The smallest absolute Gasteiger partial charge is 0.222 e. The van der Waals surface area contributed by atoms with E-state index in [9.17, 15) is 4.79 Å². The first-order valence-corrected chi connectivity index (χ1v) is 8.55. The Hall–Kier alpha value is -1.39. The number of carbonyl (C=O) groups excluding carboxylic acids is 1. The molecule has 1 fully saturated rings. The van der Waals surface area contributed by atoms with Gasteiger partial charge in [-0.15, -0.1) is 22.9 Å². The molecule has 0 unspecified atom stereocenters. The van der Waals surface area contributed by atoms with Gasteiger partial charge in [0.15, 0.2) is 0 Å². The Kier molecular flexibility index (Phi) is 4.56. The van der Waals surface area contributed by atoms with Gasteiger partial charge in [0.2, 0.25) is 5.91 Å². The fourth-order valence-electron chi connectivity index (χ4n) is 2.50. The van der Waals surface area contributed by atoms with Crippen LogP contribution in [-0.2, 0) is 17.2 Å². The van der Waals surface area contributed by atoms with E-state index in [2.05, 4.69) is 29.2 Å². The molecule has 0 aliphatic carbocycles. The molecule has 2 aromatic rings. The van der Waals surface area contributed by atoms with Crippen molar-refractivity contribution in [3.05, 3.63) is 40.9 Å². The Bertz CT molecular complexity index is 623. The molecule has 0 atom stereocenters. The van der Waals surface area contributed by atoms with Crippen molar-refractivity contribution in [2.45, 2.75) is 31.7 Å². The molecule has 3 nitrogen and oxygen atoms in total. The van der Waals surface area contributed by atoms with Gasteiger partial charge in [-0.2, -0.15) is 0 Å². The first kappa shape index (κ1) is 14.5. The van der Waals surface area contributed by atoms with Gasteiger partial charge in [0.1, 0.15) is 5.01 Å². The Morgan fingerprint density at radius 1 is 1.24 bits per heavy atom. The SMILES string of the molecule is O=C1CCCCN1Cc1ccc(-c2nc(CCl)cs2)cc1. The molecule has 0 N–H and O–H groups in total. The van der Waals surface area contributed by atoms with E-state index in [4.69, 9.17) is 11.6 Å². The number of halogens is 1. The van der Waals surface area contributed by atoms with Crippen molar-refractivity contribution < 1.29 is 4.79 Å². The lowest BCUT2D eigenvalue weighted by Crippen LogP contribution is -2.34. The van der Waals surface area contributed by atoms with Crippen LogP contribution in [0.5, 0.6) is 0 Å². The molecule has 0 bridgehead atoms. The standard InChI is InChI=1S/C16H17ClN2OS/c17-9-14-11-21-16(18-14)13-6-4-12(5-7-13)10-19-8-2-1-3-15(19)20/h4-7,11H,1-3,8-10H2. The summed E-state index contributed by atoms with van der Waals surface area (Å²) in [6.07, 6.45) is 2.84. The van der Waals surface area contributed by atoms with Crippen molar-refractivity contribution in [2.24, 2.45) is 0 Å². The predicted octanol–water partition coefficient (Wildman–Crippen LogP) is 4.06. The molecule has 2 heterocycles. The summed E-state index contributed by atoms with van der Waals surface area (Å²) in [6, 6.07) is 8.30. The van der Waals surface area contributed by atoms with Gasteiger partial charge < -0.3 is 4.90 Å². The summed E-state index contributed by atoms with van der Waals surface area (Å²) in [5.41, 5.74) is 3.19. The number of piperidine rings is 1. The minimum absolute atomic E-state index is 0.275. The number of nitrogens with zero attached hydrogens (tertiary/aromatic N) is 2. The molecule has 21 heavy (non-hydrogen) atoms. The van der Waals surface area contributed by atoms with Crippen LogP contribution >= 0.6 is 22.9 Å². The Balaban J connectivity index is 1.70. The second kappa shape index (κ2) is 6.58. The lowest BCUT2D eigenvalue weighted by atomic mass is 10.1. The number of amides is 1. The van der Waals surface area contributed by atoms with E-state index >= 15 is 0 Å². The highest BCUT2D eigenvalue weighted by molar-refractivity contribution is 7.13. The zero-order chi connectivity index (χ0) is 14.7. The highest BCUT2D eigenvalue weighted by Crippen LogP contribution is 2.25. The topological polar surface area (TPSA) is 33.2 Å². The lowest BCUT2D eigenvalue weighted by Gasteiger charge is -2.26. The molecule has 1 aromatic carbocycles. The molecular weight excluding hydrogens is 304 g/mol. The molecule has 0 spiro atoms. The maximum absolute atomic E-state index is 11.8. The third-order valence-electron chi connectivity index (χ3n) is 3.68. The van der Waals surface area contributed by atoms with Crippen LogP contribution in [0.3, 0.4) is 0 Å². The average molecular weight is 321 g/mol. The quantitative estimate of drug-likeness (QED) is 0.796. The van der Waals surface area contributed by atoms with Gasteiger partial charge in [-0.05, 0) is 18.4 Å². The molecule has 1 aliphatic heterocycles. The Labute approximate surface area is 133 Å². The van der Waals surface area contributed by atoms with Crippen molar-refractivity contribution in [3.63, 3.8) is 0 Å². The maximum Gasteiger partial charge on any atom is 0.222 e. The van der Waals surface area contributed by atoms with E-state index in [0.29, 0.717) is 18.8 Å². The van der Waals surface area contributed by atoms with Crippen LogP contribution in [0, 0.1) is 0 Å². The van der Waals surface area contributed by atoms with Crippen molar-refractivity contribution in [3.8, 4) is 10.6 Å². The van der Waals surface area contributed by atoms with Crippen molar-refractivity contribution >= 4 is 28.8 Å². The molecule has 1 aromatic heterocycles. The lowest BCUT2D eigenvalue weighted by molar-refractivity contribution is -0.133. The number of hydrogen-bond acceptors (Lipinski definition) is 3. The van der Waals surface area contributed by atoms with Gasteiger partial charge in [-0.3, -0.25) is 4.79 Å². The minimum atomic E-state index is 0.275. The second-order valence-corrected chi connectivity index (χ2v) is 6.37. The third kappa shape index (κ3) is 3.44. The average Bonchev–Trinajstić information content (AvgIpc) is 2.99. The summed E-state index contributed by atoms with van der Waals surface area (Å²) < 4.78 is 0. The predicted molar refractivity (Wildman–Crippen MR) is 86.4 cm³/mol. The van der Waals surface area contributed by atoms with Gasteiger partial charge in [0.25, 0.3) is 0 Å². The summed E-state index contributed by atoms with van der Waals surface area (Å²) >= 11 is 7.39. The van der Waals surface area contributed by atoms with Gasteiger partial charge >= 0.3 is 0 Å². The fourth-order valence-corrected chi connectivity index (χ4v) is 3.56. The Morgan fingerprint density at radius 3 is 2.71 bits per heavy atom. The molecule has 1 saturated heterocycles. The molecule has 3 rings (SSSR count). The molecule has 0 saturated carbocycles. The highest BCUT2D eigenvalue weighted by atomic mass is 35.5. The van der Waals surface area contributed by atoms with E-state index in [1.165, 1.54) is 5.56 Å². The first-order chi connectivity index (χ1) is 10.3. The van der Waals surface area contributed by atoms with E-state index in [1.807, 2.05) is 10.3 Å². The summed E-state index contributed by atoms with van der Waals surface area (Å²) in [5, 5.41) is 2.98. The maximum atomic E-state index is 11.8. The zero-order valence-electron chi connectivity index (χ0n) is 11.7. The molecular formula is C16H17ClN2OS. The van der Waals surface area contributed by atoms with Gasteiger partial charge in [-0.1, -0.05) is 24.3 Å². The number of rotatable bonds is 4.